The number of aromatic amines is 2. The number of hydrogen-bond acceptors (Lipinski definition) is 7. The first-order valence-corrected chi connectivity index (χ1v) is 12.9. The number of carbonyl (C=O) groups excluding carboxylic acids is 1. The summed E-state index contributed by atoms with van der Waals surface area (Å²) in [6, 6.07) is 6.13. The molecule has 1 saturated heterocycles. The predicted octanol–water partition coefficient (Wildman–Crippen LogP) is 4.30. The van der Waals surface area contributed by atoms with Crippen molar-refractivity contribution < 1.29 is 4.79 Å². The minimum atomic E-state index is -0.0195. The van der Waals surface area contributed by atoms with Gasteiger partial charge in [-0.3, -0.25) is 19.9 Å². The molecule has 0 atom stereocenters. The lowest BCUT2D eigenvalue weighted by molar-refractivity contribution is -0.116. The van der Waals surface area contributed by atoms with Gasteiger partial charge >= 0.3 is 0 Å². The van der Waals surface area contributed by atoms with Gasteiger partial charge in [0, 0.05) is 66.9 Å². The molecule has 0 aromatic carbocycles. The van der Waals surface area contributed by atoms with Crippen LogP contribution in [0.2, 0.25) is 0 Å². The number of rotatable bonds is 6. The summed E-state index contributed by atoms with van der Waals surface area (Å²) in [6.45, 7) is 8.05. The number of amides is 1. The molecule has 1 fully saturated rings. The highest BCUT2D eigenvalue weighted by Crippen LogP contribution is 2.34. The summed E-state index contributed by atoms with van der Waals surface area (Å²) in [4.78, 5) is 34.0. The summed E-state index contributed by atoms with van der Waals surface area (Å²) < 4.78 is 0. The largest absolute Gasteiger partial charge is 0.367 e. The van der Waals surface area contributed by atoms with Gasteiger partial charge in [0.15, 0.2) is 5.65 Å². The Kier molecular flexibility index (Phi) is 6.24. The number of nitrogens with zero attached hydrogens (tertiary/aromatic N) is 6. The van der Waals surface area contributed by atoms with Gasteiger partial charge in [-0.05, 0) is 31.2 Å². The lowest BCUT2D eigenvalue weighted by atomic mass is 10.1. The van der Waals surface area contributed by atoms with E-state index in [9.17, 15) is 4.79 Å². The van der Waals surface area contributed by atoms with Crippen LogP contribution in [0.1, 0.15) is 20.3 Å². The minimum Gasteiger partial charge on any atom is -0.367 e. The molecule has 5 aromatic heterocycles. The molecule has 10 heteroatoms. The Hall–Kier alpha value is -4.31. The number of anilines is 2. The number of piperazine rings is 1. The molecule has 1 amide bonds. The Morgan fingerprint density at radius 3 is 2.58 bits per heavy atom. The molecule has 1 aliphatic rings. The van der Waals surface area contributed by atoms with Crippen LogP contribution in [0.15, 0.2) is 49.2 Å². The van der Waals surface area contributed by atoms with Crippen LogP contribution in [0.25, 0.3) is 44.5 Å². The van der Waals surface area contributed by atoms with Crippen molar-refractivity contribution in [1.29, 1.82) is 0 Å². The van der Waals surface area contributed by atoms with Gasteiger partial charge < -0.3 is 20.1 Å². The van der Waals surface area contributed by atoms with Crippen molar-refractivity contribution in [1.82, 2.24) is 35.0 Å². The number of aromatic nitrogens is 6. The van der Waals surface area contributed by atoms with Gasteiger partial charge in [0.05, 0.1) is 41.2 Å². The van der Waals surface area contributed by atoms with Gasteiger partial charge in [0.25, 0.3) is 0 Å². The fraction of sp³-hybridized carbons (Fsp3) is 0.321. The van der Waals surface area contributed by atoms with Crippen molar-refractivity contribution in [2.24, 2.45) is 5.92 Å². The van der Waals surface area contributed by atoms with E-state index in [1.807, 2.05) is 32.3 Å². The molecular weight excluding hydrogens is 478 g/mol. The molecule has 0 aliphatic carbocycles. The molecule has 0 bridgehead atoms. The normalized spacial score (nSPS) is 14.6. The average molecular weight is 510 g/mol. The van der Waals surface area contributed by atoms with E-state index in [1.165, 1.54) is 0 Å². The number of carbonyl (C=O) groups is 1. The molecule has 10 nitrogen and oxygen atoms in total. The highest BCUT2D eigenvalue weighted by molar-refractivity contribution is 5.99. The SMILES string of the molecule is CC(C)CC(=O)Nc1cncc(-c2cnc3[nH]nc(-c4cc5c(N6CCN(C)CC6)cncc5[nH]4)c3c2)c1. The average Bonchev–Trinajstić information content (AvgIpc) is 3.52. The standard InChI is InChI=1S/C28H31N9O/c1-17(2)8-26(38)32-20-9-18(12-29-14-20)19-10-22-27(34-35-28(22)31-13-19)23-11-21-24(33-23)15-30-16-25(21)37-6-4-36(3)5-7-37/h9-17,33H,4-8H2,1-3H3,(H,32,38)(H,31,34,35). The van der Waals surface area contributed by atoms with E-state index in [2.05, 4.69) is 64.4 Å². The molecular formula is C28H31N9O. The summed E-state index contributed by atoms with van der Waals surface area (Å²) >= 11 is 0. The topological polar surface area (TPSA) is 119 Å². The predicted molar refractivity (Wildman–Crippen MR) is 150 cm³/mol. The number of nitrogens with one attached hydrogen (secondary N) is 3. The number of fused-ring (bicyclic) bond motifs is 2. The van der Waals surface area contributed by atoms with Crippen LogP contribution in [0.5, 0.6) is 0 Å². The van der Waals surface area contributed by atoms with Crippen molar-refractivity contribution in [2.75, 3.05) is 43.4 Å². The number of H-pyrrole nitrogens is 2. The second-order valence-corrected chi connectivity index (χ2v) is 10.4. The summed E-state index contributed by atoms with van der Waals surface area (Å²) in [5, 5.41) is 12.6. The van der Waals surface area contributed by atoms with Crippen molar-refractivity contribution in [3.63, 3.8) is 0 Å². The first-order chi connectivity index (χ1) is 18.4. The molecule has 3 N–H and O–H groups in total. The molecule has 0 unspecified atom stereocenters. The molecule has 38 heavy (non-hydrogen) atoms. The lowest BCUT2D eigenvalue weighted by Crippen LogP contribution is -2.44. The Balaban J connectivity index is 1.34. The minimum absolute atomic E-state index is 0.0195. The van der Waals surface area contributed by atoms with Crippen LogP contribution in [-0.2, 0) is 4.79 Å². The lowest BCUT2D eigenvalue weighted by Gasteiger charge is -2.34. The molecule has 194 valence electrons. The van der Waals surface area contributed by atoms with E-state index >= 15 is 0 Å². The summed E-state index contributed by atoms with van der Waals surface area (Å²) in [5.74, 6) is 0.268. The zero-order chi connectivity index (χ0) is 26.2. The van der Waals surface area contributed by atoms with Crippen LogP contribution in [0.3, 0.4) is 0 Å². The third-order valence-corrected chi connectivity index (χ3v) is 6.99. The van der Waals surface area contributed by atoms with Crippen molar-refractivity contribution in [3.05, 3.63) is 49.2 Å². The van der Waals surface area contributed by atoms with Gasteiger partial charge in [0.2, 0.25) is 5.91 Å². The molecule has 6 rings (SSSR count). The van der Waals surface area contributed by atoms with Crippen LogP contribution in [0.4, 0.5) is 11.4 Å². The van der Waals surface area contributed by atoms with E-state index < -0.39 is 0 Å². The van der Waals surface area contributed by atoms with Gasteiger partial charge in [-0.1, -0.05) is 13.8 Å². The van der Waals surface area contributed by atoms with Gasteiger partial charge in [-0.15, -0.1) is 0 Å². The summed E-state index contributed by atoms with van der Waals surface area (Å²) in [5.41, 5.74) is 6.94. The molecule has 5 aromatic rings. The van der Waals surface area contributed by atoms with Crippen LogP contribution in [0, 0.1) is 5.92 Å². The number of hydrogen-bond donors (Lipinski definition) is 3. The maximum Gasteiger partial charge on any atom is 0.224 e. The third kappa shape index (κ3) is 4.70. The fourth-order valence-electron chi connectivity index (χ4n) is 4.98. The van der Waals surface area contributed by atoms with Gasteiger partial charge in [-0.25, -0.2) is 4.98 Å². The van der Waals surface area contributed by atoms with E-state index in [0.29, 0.717) is 17.8 Å². The highest BCUT2D eigenvalue weighted by atomic mass is 16.1. The first-order valence-electron chi connectivity index (χ1n) is 12.9. The number of pyridine rings is 3. The Labute approximate surface area is 220 Å². The zero-order valence-corrected chi connectivity index (χ0v) is 21.8. The Bertz CT molecular complexity index is 1610. The van der Waals surface area contributed by atoms with Crippen LogP contribution >= 0.6 is 0 Å². The Morgan fingerprint density at radius 1 is 0.974 bits per heavy atom. The summed E-state index contributed by atoms with van der Waals surface area (Å²) in [6.07, 6.45) is 9.51. The van der Waals surface area contributed by atoms with Crippen molar-refractivity contribution in [3.8, 4) is 22.5 Å². The molecule has 0 radical (unpaired) electrons. The first kappa shape index (κ1) is 24.1. The van der Waals surface area contributed by atoms with Crippen LogP contribution in [-0.4, -0.2) is 74.2 Å². The van der Waals surface area contributed by atoms with E-state index in [-0.39, 0.29) is 11.8 Å². The monoisotopic (exact) mass is 509 g/mol. The quantitative estimate of drug-likeness (QED) is 0.312. The maximum absolute atomic E-state index is 12.2. The smallest absolute Gasteiger partial charge is 0.224 e. The third-order valence-electron chi connectivity index (χ3n) is 6.99. The molecule has 0 saturated carbocycles. The van der Waals surface area contributed by atoms with Crippen molar-refractivity contribution in [2.45, 2.75) is 20.3 Å². The summed E-state index contributed by atoms with van der Waals surface area (Å²) in [7, 11) is 2.16. The number of likely N-dealkylation sites (N-methyl/N-ethyl adjacent to an activating group) is 1. The van der Waals surface area contributed by atoms with Gasteiger partial charge in [-0.2, -0.15) is 5.10 Å². The second-order valence-electron chi connectivity index (χ2n) is 10.4. The van der Waals surface area contributed by atoms with E-state index in [0.717, 1.165) is 70.7 Å². The van der Waals surface area contributed by atoms with Crippen molar-refractivity contribution >= 4 is 39.2 Å². The molecule has 1 aliphatic heterocycles. The zero-order valence-electron chi connectivity index (χ0n) is 21.8. The van der Waals surface area contributed by atoms with Crippen LogP contribution < -0.4 is 10.2 Å². The second kappa shape index (κ2) is 9.86. The fourth-order valence-corrected chi connectivity index (χ4v) is 4.98. The molecule has 0 spiro atoms. The van der Waals surface area contributed by atoms with E-state index in [1.54, 1.807) is 18.6 Å². The highest BCUT2D eigenvalue weighted by Gasteiger charge is 2.19. The van der Waals surface area contributed by atoms with Gasteiger partial charge in [0.1, 0.15) is 5.69 Å². The maximum atomic E-state index is 12.2. The van der Waals surface area contributed by atoms with E-state index in [4.69, 9.17) is 0 Å². The Morgan fingerprint density at radius 2 is 1.76 bits per heavy atom. The molecule has 6 heterocycles.